The number of ether oxygens (including phenoxy) is 2. The van der Waals surface area contributed by atoms with E-state index in [1.807, 2.05) is 0 Å². The van der Waals surface area contributed by atoms with Gasteiger partial charge in [-0.2, -0.15) is 0 Å². The molecule has 1 aliphatic rings. The molecule has 0 aliphatic carbocycles. The number of hydrogen-bond donors (Lipinski definition) is 4. The minimum absolute atomic E-state index is 0.0360. The molecule has 5 atom stereocenters. The Morgan fingerprint density at radius 1 is 1.41 bits per heavy atom. The molecule has 1 fully saturated rings. The summed E-state index contributed by atoms with van der Waals surface area (Å²) in [5, 5.41) is 39.2. The Bertz CT molecular complexity index is 556. The van der Waals surface area contributed by atoms with Crippen LogP contribution in [0.2, 0.25) is 5.02 Å². The molecule has 0 amide bonds. The number of aliphatic hydroxyl groups excluding tert-OH is 3. The Labute approximate surface area is 130 Å². The van der Waals surface area contributed by atoms with Crippen LogP contribution in [0.1, 0.15) is 0 Å². The van der Waals surface area contributed by atoms with Crippen molar-refractivity contribution in [2.75, 3.05) is 6.61 Å². The van der Waals surface area contributed by atoms with Gasteiger partial charge in [-0.1, -0.05) is 11.6 Å². The first-order chi connectivity index (χ1) is 10.3. The lowest BCUT2D eigenvalue weighted by molar-refractivity contribution is -0.384. The van der Waals surface area contributed by atoms with Crippen molar-refractivity contribution in [1.82, 2.24) is 0 Å². The molecule has 9 nitrogen and oxygen atoms in total. The first-order valence-electron chi connectivity index (χ1n) is 6.33. The van der Waals surface area contributed by atoms with Gasteiger partial charge in [-0.25, -0.2) is 0 Å². The molecule has 0 saturated carbocycles. The van der Waals surface area contributed by atoms with Gasteiger partial charge in [0.1, 0.15) is 24.1 Å². The van der Waals surface area contributed by atoms with E-state index in [2.05, 4.69) is 0 Å². The maximum absolute atomic E-state index is 10.6. The maximum Gasteiger partial charge on any atom is 0.271 e. The predicted octanol–water partition coefficient (Wildman–Crippen LogP) is -0.607. The summed E-state index contributed by atoms with van der Waals surface area (Å²) in [7, 11) is 0. The fourth-order valence-corrected chi connectivity index (χ4v) is 2.25. The van der Waals surface area contributed by atoms with Gasteiger partial charge in [0.15, 0.2) is 0 Å². The quantitative estimate of drug-likeness (QED) is 0.421. The minimum atomic E-state index is -1.37. The maximum atomic E-state index is 10.6. The van der Waals surface area contributed by atoms with E-state index in [9.17, 15) is 20.3 Å². The summed E-state index contributed by atoms with van der Waals surface area (Å²) in [6.07, 6.45) is -4.98. The number of nitro benzene ring substituents is 1. The van der Waals surface area contributed by atoms with Crippen LogP contribution < -0.4 is 10.5 Å². The van der Waals surface area contributed by atoms with Crippen LogP contribution in [0.15, 0.2) is 18.2 Å². The summed E-state index contributed by atoms with van der Waals surface area (Å²) in [5.74, 6) is 0.0630. The van der Waals surface area contributed by atoms with Crippen molar-refractivity contribution < 1.29 is 29.7 Å². The lowest BCUT2D eigenvalue weighted by atomic mass is 9.98. The molecule has 1 saturated heterocycles. The largest absolute Gasteiger partial charge is 0.462 e. The van der Waals surface area contributed by atoms with E-state index in [4.69, 9.17) is 31.9 Å². The Hall–Kier alpha value is -1.49. The number of hydrogen-bond acceptors (Lipinski definition) is 8. The molecule has 1 aliphatic heterocycles. The first kappa shape index (κ1) is 16.9. The van der Waals surface area contributed by atoms with Crippen LogP contribution in [0.5, 0.6) is 5.75 Å². The average molecular weight is 335 g/mol. The Morgan fingerprint density at radius 2 is 2.09 bits per heavy atom. The molecule has 1 heterocycles. The van der Waals surface area contributed by atoms with Crippen molar-refractivity contribution in [3.8, 4) is 5.75 Å². The zero-order valence-corrected chi connectivity index (χ0v) is 12.0. The van der Waals surface area contributed by atoms with Crippen LogP contribution >= 0.6 is 11.6 Å². The summed E-state index contributed by atoms with van der Waals surface area (Å²) in [5.41, 5.74) is 5.50. The van der Waals surface area contributed by atoms with Crippen LogP contribution in [0.4, 0.5) is 5.69 Å². The first-order valence-corrected chi connectivity index (χ1v) is 6.71. The summed E-state index contributed by atoms with van der Waals surface area (Å²) >= 11 is 5.89. The fourth-order valence-electron chi connectivity index (χ4n) is 2.03. The second kappa shape index (κ2) is 6.73. The van der Waals surface area contributed by atoms with Crippen molar-refractivity contribution >= 4 is 17.3 Å². The molecule has 10 heteroatoms. The van der Waals surface area contributed by atoms with Crippen LogP contribution in [0, 0.1) is 10.1 Å². The van der Waals surface area contributed by atoms with Crippen molar-refractivity contribution in [2.24, 2.45) is 5.73 Å². The molecule has 1 aromatic rings. The smallest absolute Gasteiger partial charge is 0.271 e. The van der Waals surface area contributed by atoms with E-state index in [1.54, 1.807) is 0 Å². The summed E-state index contributed by atoms with van der Waals surface area (Å²) < 4.78 is 10.7. The van der Waals surface area contributed by atoms with Crippen molar-refractivity contribution in [3.63, 3.8) is 0 Å². The van der Waals surface area contributed by atoms with E-state index >= 15 is 0 Å². The number of rotatable bonds is 4. The van der Waals surface area contributed by atoms with E-state index in [0.717, 1.165) is 6.07 Å². The normalized spacial score (nSPS) is 31.8. The van der Waals surface area contributed by atoms with Crippen molar-refractivity contribution in [2.45, 2.75) is 30.6 Å². The monoisotopic (exact) mass is 334 g/mol. The van der Waals surface area contributed by atoms with Gasteiger partial charge in [-0.3, -0.25) is 10.1 Å². The average Bonchev–Trinajstić information content (AvgIpc) is 2.49. The number of nitrogens with two attached hydrogens (primary N) is 1. The Morgan fingerprint density at radius 3 is 2.64 bits per heavy atom. The minimum Gasteiger partial charge on any atom is -0.462 e. The Balaban J connectivity index is 2.17. The molecule has 0 spiro atoms. The highest BCUT2D eigenvalue weighted by Crippen LogP contribution is 2.31. The molecule has 2 rings (SSSR count). The van der Waals surface area contributed by atoms with Crippen LogP contribution in [-0.2, 0) is 4.74 Å². The van der Waals surface area contributed by atoms with Gasteiger partial charge < -0.3 is 30.5 Å². The molecule has 22 heavy (non-hydrogen) atoms. The lowest BCUT2D eigenvalue weighted by Gasteiger charge is -2.40. The van der Waals surface area contributed by atoms with E-state index in [1.165, 1.54) is 12.1 Å². The number of nitro groups is 1. The third kappa shape index (κ3) is 3.29. The number of aliphatic hydroxyl groups is 3. The second-order valence-electron chi connectivity index (χ2n) is 4.77. The molecule has 0 radical (unpaired) electrons. The van der Waals surface area contributed by atoms with Crippen LogP contribution in [0.25, 0.3) is 0 Å². The van der Waals surface area contributed by atoms with Gasteiger partial charge in [0.05, 0.1) is 22.6 Å². The molecule has 0 bridgehead atoms. The molecule has 5 N–H and O–H groups in total. The lowest BCUT2D eigenvalue weighted by Crippen LogP contribution is -2.63. The van der Waals surface area contributed by atoms with Crippen molar-refractivity contribution in [3.05, 3.63) is 33.3 Å². The third-order valence-corrected chi connectivity index (χ3v) is 3.59. The number of non-ortho nitro benzene ring substituents is 1. The summed E-state index contributed by atoms with van der Waals surface area (Å²) in [6, 6.07) is 2.45. The van der Waals surface area contributed by atoms with Gasteiger partial charge in [0, 0.05) is 12.1 Å². The van der Waals surface area contributed by atoms with Gasteiger partial charge in [-0.05, 0) is 6.07 Å². The molecule has 1 aromatic carbocycles. The number of halogens is 1. The molecule has 122 valence electrons. The number of nitrogens with zero attached hydrogens (tertiary/aromatic N) is 1. The van der Waals surface area contributed by atoms with Crippen molar-refractivity contribution in [1.29, 1.82) is 0 Å². The van der Waals surface area contributed by atoms with Gasteiger partial charge in [0.2, 0.25) is 6.29 Å². The topological polar surface area (TPSA) is 148 Å². The SMILES string of the molecule is N[C@H]1[C@H](Oc2ccc([N+](=O)[O-])cc2Cl)O[C@H](CO)[C@@H](O)[C@@H]1O. The van der Waals surface area contributed by atoms with Gasteiger partial charge in [-0.15, -0.1) is 0 Å². The zero-order valence-electron chi connectivity index (χ0n) is 11.2. The standard InChI is InChI=1S/C12H15ClN2O7/c13-6-3-5(15(19)20)1-2-7(6)21-12-9(14)11(18)10(17)8(4-16)22-12/h1-3,8-12,16-18H,4,14H2/t8-,9-,10-,11-,12-/m1/s1. The van der Waals surface area contributed by atoms with Crippen LogP contribution in [-0.4, -0.2) is 57.5 Å². The molecule has 0 aromatic heterocycles. The molecular formula is C12H15ClN2O7. The molecule has 0 unspecified atom stereocenters. The summed E-state index contributed by atoms with van der Waals surface area (Å²) in [6.45, 7) is -0.543. The van der Waals surface area contributed by atoms with Crippen LogP contribution in [0.3, 0.4) is 0 Å². The van der Waals surface area contributed by atoms with Gasteiger partial charge >= 0.3 is 0 Å². The van der Waals surface area contributed by atoms with E-state index in [-0.39, 0.29) is 16.5 Å². The highest BCUT2D eigenvalue weighted by atomic mass is 35.5. The number of benzene rings is 1. The predicted molar refractivity (Wildman–Crippen MR) is 74.5 cm³/mol. The van der Waals surface area contributed by atoms with Gasteiger partial charge in [0.25, 0.3) is 5.69 Å². The highest BCUT2D eigenvalue weighted by molar-refractivity contribution is 6.32. The third-order valence-electron chi connectivity index (χ3n) is 3.30. The fraction of sp³-hybridized carbons (Fsp3) is 0.500. The van der Waals surface area contributed by atoms with E-state index < -0.39 is 42.2 Å². The van der Waals surface area contributed by atoms with E-state index in [0.29, 0.717) is 0 Å². The summed E-state index contributed by atoms with van der Waals surface area (Å²) in [4.78, 5) is 10.0. The highest BCUT2D eigenvalue weighted by Gasteiger charge is 2.43. The Kier molecular flexibility index (Phi) is 5.16. The zero-order chi connectivity index (χ0) is 16.4. The molecular weight excluding hydrogens is 320 g/mol. The second-order valence-corrected chi connectivity index (χ2v) is 5.18.